The predicted molar refractivity (Wildman–Crippen MR) is 81.1 cm³/mol. The van der Waals surface area contributed by atoms with Crippen LogP contribution in [0, 0.1) is 6.92 Å². The van der Waals surface area contributed by atoms with Gasteiger partial charge in [-0.15, -0.1) is 0 Å². The molecule has 1 aromatic carbocycles. The van der Waals surface area contributed by atoms with Crippen molar-refractivity contribution in [2.45, 2.75) is 39.5 Å². The van der Waals surface area contributed by atoms with E-state index < -0.39 is 0 Å². The Bertz CT molecular complexity index is 588. The van der Waals surface area contributed by atoms with Crippen LogP contribution in [0.25, 0.3) is 0 Å². The lowest BCUT2D eigenvalue weighted by atomic mass is 10.1. The van der Waals surface area contributed by atoms with Crippen LogP contribution in [-0.4, -0.2) is 17.2 Å². The van der Waals surface area contributed by atoms with Crippen molar-refractivity contribution < 1.29 is 4.74 Å². The molecule has 1 unspecified atom stereocenters. The summed E-state index contributed by atoms with van der Waals surface area (Å²) >= 11 is 0. The molecule has 1 aliphatic rings. The molecule has 0 bridgehead atoms. The van der Waals surface area contributed by atoms with E-state index in [9.17, 15) is 0 Å². The average molecular weight is 270 g/mol. The van der Waals surface area contributed by atoms with Gasteiger partial charge in [0.25, 0.3) is 0 Å². The number of rotatable bonds is 5. The second kappa shape index (κ2) is 5.71. The molecular formula is C17H22N2O. The van der Waals surface area contributed by atoms with Gasteiger partial charge in [-0.3, -0.25) is 0 Å². The summed E-state index contributed by atoms with van der Waals surface area (Å²) in [5, 5.41) is 3.38. The van der Waals surface area contributed by atoms with E-state index in [4.69, 9.17) is 4.74 Å². The Morgan fingerprint density at radius 2 is 2.25 bits per heavy atom. The van der Waals surface area contributed by atoms with E-state index in [2.05, 4.69) is 60.3 Å². The Hall–Kier alpha value is -1.74. The summed E-state index contributed by atoms with van der Waals surface area (Å²) < 4.78 is 8.35. The van der Waals surface area contributed by atoms with Crippen molar-refractivity contribution in [3.05, 3.63) is 53.3 Å². The van der Waals surface area contributed by atoms with Crippen LogP contribution >= 0.6 is 0 Å². The third-order valence-electron chi connectivity index (χ3n) is 3.84. The summed E-state index contributed by atoms with van der Waals surface area (Å²) in [5.74, 6) is 1.06. The standard InChI is InChI=1S/C17H22N2O/c1-3-18-11-15-5-4-8-19(15)12-16-10-14-9-13(2)6-7-17(14)20-16/h4-9,16,18H,3,10-12H2,1-2H3. The Kier molecular flexibility index (Phi) is 3.79. The average Bonchev–Trinajstić information content (AvgIpc) is 3.02. The second-order valence-corrected chi connectivity index (χ2v) is 5.49. The van der Waals surface area contributed by atoms with Gasteiger partial charge in [-0.2, -0.15) is 0 Å². The highest BCUT2D eigenvalue weighted by molar-refractivity contribution is 5.40. The van der Waals surface area contributed by atoms with Gasteiger partial charge in [-0.05, 0) is 37.2 Å². The lowest BCUT2D eigenvalue weighted by Crippen LogP contribution is -2.23. The van der Waals surface area contributed by atoms with Gasteiger partial charge in [0, 0.05) is 24.9 Å². The van der Waals surface area contributed by atoms with Gasteiger partial charge in [0.1, 0.15) is 11.9 Å². The summed E-state index contributed by atoms with van der Waals surface area (Å²) in [4.78, 5) is 0. The van der Waals surface area contributed by atoms with Crippen LogP contribution in [0.2, 0.25) is 0 Å². The van der Waals surface area contributed by atoms with Gasteiger partial charge in [0.15, 0.2) is 0 Å². The molecule has 0 saturated carbocycles. The maximum absolute atomic E-state index is 6.05. The minimum absolute atomic E-state index is 0.250. The van der Waals surface area contributed by atoms with Gasteiger partial charge in [0.2, 0.25) is 0 Å². The number of aryl methyl sites for hydroxylation is 1. The topological polar surface area (TPSA) is 26.2 Å². The van der Waals surface area contributed by atoms with Crippen molar-refractivity contribution in [1.82, 2.24) is 9.88 Å². The summed E-state index contributed by atoms with van der Waals surface area (Å²) in [6, 6.07) is 10.7. The van der Waals surface area contributed by atoms with Crippen molar-refractivity contribution in [3.8, 4) is 5.75 Å². The predicted octanol–water partition coefficient (Wildman–Crippen LogP) is 2.91. The molecule has 1 aliphatic heterocycles. The van der Waals surface area contributed by atoms with Crippen LogP contribution in [0.3, 0.4) is 0 Å². The zero-order valence-electron chi connectivity index (χ0n) is 12.2. The Morgan fingerprint density at radius 3 is 3.10 bits per heavy atom. The molecule has 106 valence electrons. The smallest absolute Gasteiger partial charge is 0.123 e. The number of hydrogen-bond donors (Lipinski definition) is 1. The van der Waals surface area contributed by atoms with Gasteiger partial charge in [-0.1, -0.05) is 24.6 Å². The highest BCUT2D eigenvalue weighted by atomic mass is 16.5. The molecule has 2 heterocycles. The molecule has 3 rings (SSSR count). The third-order valence-corrected chi connectivity index (χ3v) is 3.84. The van der Waals surface area contributed by atoms with Crippen molar-refractivity contribution in [3.63, 3.8) is 0 Å². The zero-order valence-corrected chi connectivity index (χ0v) is 12.2. The summed E-state index contributed by atoms with van der Waals surface area (Å²) in [7, 11) is 0. The first-order chi connectivity index (χ1) is 9.76. The second-order valence-electron chi connectivity index (χ2n) is 5.49. The van der Waals surface area contributed by atoms with E-state index in [0.29, 0.717) is 0 Å². The first-order valence-electron chi connectivity index (χ1n) is 7.37. The van der Waals surface area contributed by atoms with E-state index in [1.54, 1.807) is 0 Å². The minimum Gasteiger partial charge on any atom is -0.488 e. The van der Waals surface area contributed by atoms with Gasteiger partial charge < -0.3 is 14.6 Å². The quantitative estimate of drug-likeness (QED) is 0.904. The van der Waals surface area contributed by atoms with Gasteiger partial charge >= 0.3 is 0 Å². The molecule has 3 nitrogen and oxygen atoms in total. The maximum atomic E-state index is 6.05. The first kappa shape index (κ1) is 13.3. The molecular weight excluding hydrogens is 248 g/mol. The summed E-state index contributed by atoms with van der Waals surface area (Å²) in [6.07, 6.45) is 3.40. The van der Waals surface area contributed by atoms with E-state index in [0.717, 1.165) is 31.8 Å². The molecule has 1 aromatic heterocycles. The van der Waals surface area contributed by atoms with Crippen LogP contribution < -0.4 is 10.1 Å². The van der Waals surface area contributed by atoms with Crippen molar-refractivity contribution >= 4 is 0 Å². The molecule has 0 radical (unpaired) electrons. The molecule has 0 spiro atoms. The summed E-state index contributed by atoms with van der Waals surface area (Å²) in [6.45, 7) is 7.10. The van der Waals surface area contributed by atoms with E-state index in [-0.39, 0.29) is 6.10 Å². The van der Waals surface area contributed by atoms with Gasteiger partial charge in [-0.25, -0.2) is 0 Å². The minimum atomic E-state index is 0.250. The van der Waals surface area contributed by atoms with E-state index >= 15 is 0 Å². The van der Waals surface area contributed by atoms with Gasteiger partial charge in [0.05, 0.1) is 6.54 Å². The highest BCUT2D eigenvalue weighted by Gasteiger charge is 2.23. The van der Waals surface area contributed by atoms with Crippen LogP contribution in [0.15, 0.2) is 36.5 Å². The van der Waals surface area contributed by atoms with Crippen molar-refractivity contribution in [2.75, 3.05) is 6.54 Å². The zero-order chi connectivity index (χ0) is 13.9. The number of nitrogens with zero attached hydrogens (tertiary/aromatic N) is 1. The molecule has 0 amide bonds. The molecule has 2 aromatic rings. The fraction of sp³-hybridized carbons (Fsp3) is 0.412. The lowest BCUT2D eigenvalue weighted by Gasteiger charge is -2.15. The number of ether oxygens (including phenoxy) is 1. The fourth-order valence-corrected chi connectivity index (χ4v) is 2.81. The molecule has 20 heavy (non-hydrogen) atoms. The molecule has 0 aliphatic carbocycles. The Balaban J connectivity index is 1.67. The van der Waals surface area contributed by atoms with Crippen molar-refractivity contribution in [1.29, 1.82) is 0 Å². The Morgan fingerprint density at radius 1 is 1.35 bits per heavy atom. The Labute approximate surface area is 120 Å². The maximum Gasteiger partial charge on any atom is 0.123 e. The molecule has 0 saturated heterocycles. The molecule has 1 N–H and O–H groups in total. The normalized spacial score (nSPS) is 17.0. The van der Waals surface area contributed by atoms with Crippen LogP contribution in [-0.2, 0) is 19.5 Å². The SMILES string of the molecule is CCNCc1cccn1CC1Cc2cc(C)ccc2O1. The molecule has 0 fully saturated rings. The number of aromatic nitrogens is 1. The monoisotopic (exact) mass is 270 g/mol. The highest BCUT2D eigenvalue weighted by Crippen LogP contribution is 2.30. The van der Waals surface area contributed by atoms with Crippen LogP contribution in [0.1, 0.15) is 23.7 Å². The van der Waals surface area contributed by atoms with Crippen LogP contribution in [0.5, 0.6) is 5.75 Å². The largest absolute Gasteiger partial charge is 0.488 e. The number of fused-ring (bicyclic) bond motifs is 1. The fourth-order valence-electron chi connectivity index (χ4n) is 2.81. The first-order valence-corrected chi connectivity index (χ1v) is 7.37. The number of hydrogen-bond acceptors (Lipinski definition) is 2. The van der Waals surface area contributed by atoms with E-state index in [1.165, 1.54) is 16.8 Å². The van der Waals surface area contributed by atoms with Crippen molar-refractivity contribution in [2.24, 2.45) is 0 Å². The lowest BCUT2D eigenvalue weighted by molar-refractivity contribution is 0.208. The van der Waals surface area contributed by atoms with E-state index in [1.807, 2.05) is 0 Å². The number of benzene rings is 1. The molecule has 1 atom stereocenters. The number of nitrogens with one attached hydrogen (secondary N) is 1. The third kappa shape index (κ3) is 2.73. The summed E-state index contributed by atoms with van der Waals surface area (Å²) in [5.41, 5.74) is 3.97. The van der Waals surface area contributed by atoms with Crippen LogP contribution in [0.4, 0.5) is 0 Å². The molecule has 3 heteroatoms.